The van der Waals surface area contributed by atoms with Gasteiger partial charge in [-0.3, -0.25) is 0 Å². The van der Waals surface area contributed by atoms with Crippen molar-refractivity contribution in [1.82, 2.24) is 19.9 Å². The molecule has 2 aromatic rings. The van der Waals surface area contributed by atoms with E-state index >= 15 is 0 Å². The molecule has 88 valence electrons. The highest BCUT2D eigenvalue weighted by atomic mass is 15.2. The Morgan fingerprint density at radius 3 is 3.06 bits per heavy atom. The van der Waals surface area contributed by atoms with Gasteiger partial charge in [0.05, 0.1) is 12.9 Å². The lowest BCUT2D eigenvalue weighted by atomic mass is 10.3. The zero-order chi connectivity index (χ0) is 12.3. The number of imidazole rings is 1. The van der Waals surface area contributed by atoms with Crippen LogP contribution in [-0.2, 0) is 0 Å². The molecule has 0 aliphatic rings. The quantitative estimate of drug-likeness (QED) is 0.758. The van der Waals surface area contributed by atoms with Gasteiger partial charge in [-0.15, -0.1) is 6.42 Å². The molecular weight excluding hydrogens is 216 g/mol. The van der Waals surface area contributed by atoms with Crippen molar-refractivity contribution < 1.29 is 0 Å². The molecule has 6 nitrogen and oxygen atoms in total. The molecule has 0 fully saturated rings. The van der Waals surface area contributed by atoms with Crippen LogP contribution in [0.2, 0.25) is 0 Å². The number of anilines is 2. The summed E-state index contributed by atoms with van der Waals surface area (Å²) in [5.41, 5.74) is 6.99. The molecule has 0 radical (unpaired) electrons. The SMILES string of the molecule is C#CCN(CCC)c1nc(N)nc2nc[nH]c12. The van der Waals surface area contributed by atoms with Crippen molar-refractivity contribution in [2.75, 3.05) is 23.7 Å². The second kappa shape index (κ2) is 4.70. The van der Waals surface area contributed by atoms with Crippen molar-refractivity contribution in [2.24, 2.45) is 0 Å². The molecule has 0 saturated heterocycles. The van der Waals surface area contributed by atoms with Crippen LogP contribution < -0.4 is 10.6 Å². The van der Waals surface area contributed by atoms with Gasteiger partial charge in [0, 0.05) is 6.54 Å². The van der Waals surface area contributed by atoms with Gasteiger partial charge in [-0.1, -0.05) is 12.8 Å². The van der Waals surface area contributed by atoms with Crippen molar-refractivity contribution >= 4 is 22.9 Å². The van der Waals surface area contributed by atoms with Crippen LogP contribution in [0.25, 0.3) is 11.2 Å². The van der Waals surface area contributed by atoms with Gasteiger partial charge in [0.2, 0.25) is 5.95 Å². The first kappa shape index (κ1) is 11.2. The minimum atomic E-state index is 0.206. The van der Waals surface area contributed by atoms with E-state index in [4.69, 9.17) is 12.2 Å². The summed E-state index contributed by atoms with van der Waals surface area (Å²) in [6.07, 6.45) is 7.91. The van der Waals surface area contributed by atoms with Crippen molar-refractivity contribution in [2.45, 2.75) is 13.3 Å². The van der Waals surface area contributed by atoms with E-state index in [2.05, 4.69) is 32.8 Å². The van der Waals surface area contributed by atoms with Crippen LogP contribution in [0.3, 0.4) is 0 Å². The Kier molecular flexibility index (Phi) is 3.10. The Labute approximate surface area is 99.3 Å². The summed E-state index contributed by atoms with van der Waals surface area (Å²) in [5.74, 6) is 3.54. The minimum Gasteiger partial charge on any atom is -0.368 e. The minimum absolute atomic E-state index is 0.206. The first-order valence-corrected chi connectivity index (χ1v) is 5.41. The first-order chi connectivity index (χ1) is 8.26. The third-order valence-electron chi connectivity index (χ3n) is 2.36. The summed E-state index contributed by atoms with van der Waals surface area (Å²) >= 11 is 0. The van der Waals surface area contributed by atoms with Gasteiger partial charge in [0.1, 0.15) is 5.52 Å². The maximum atomic E-state index is 5.66. The molecule has 17 heavy (non-hydrogen) atoms. The van der Waals surface area contributed by atoms with Crippen molar-refractivity contribution in [3.8, 4) is 12.3 Å². The van der Waals surface area contributed by atoms with E-state index in [1.807, 2.05) is 4.90 Å². The lowest BCUT2D eigenvalue weighted by Gasteiger charge is -2.20. The van der Waals surface area contributed by atoms with Gasteiger partial charge in [-0.2, -0.15) is 9.97 Å². The Bertz CT molecular complexity index is 553. The van der Waals surface area contributed by atoms with Crippen LogP contribution in [-0.4, -0.2) is 33.0 Å². The van der Waals surface area contributed by atoms with Crippen LogP contribution in [0.5, 0.6) is 0 Å². The zero-order valence-corrected chi connectivity index (χ0v) is 9.64. The molecule has 0 bridgehead atoms. The normalized spacial score (nSPS) is 10.4. The summed E-state index contributed by atoms with van der Waals surface area (Å²) in [4.78, 5) is 17.4. The lowest BCUT2D eigenvalue weighted by Crippen LogP contribution is -2.26. The highest BCUT2D eigenvalue weighted by molar-refractivity contribution is 5.84. The Hall–Kier alpha value is -2.29. The molecule has 2 rings (SSSR count). The molecule has 6 heteroatoms. The predicted molar refractivity (Wildman–Crippen MR) is 67.4 cm³/mol. The largest absolute Gasteiger partial charge is 0.368 e. The van der Waals surface area contributed by atoms with E-state index < -0.39 is 0 Å². The summed E-state index contributed by atoms with van der Waals surface area (Å²) in [6.45, 7) is 3.38. The third kappa shape index (κ3) is 2.13. The van der Waals surface area contributed by atoms with Crippen LogP contribution in [0, 0.1) is 12.3 Å². The second-order valence-corrected chi connectivity index (χ2v) is 3.63. The number of hydrogen-bond acceptors (Lipinski definition) is 5. The molecule has 0 atom stereocenters. The van der Waals surface area contributed by atoms with Crippen LogP contribution in [0.4, 0.5) is 11.8 Å². The molecule has 0 aromatic carbocycles. The average molecular weight is 230 g/mol. The van der Waals surface area contributed by atoms with Gasteiger partial charge in [0.15, 0.2) is 11.5 Å². The second-order valence-electron chi connectivity index (χ2n) is 3.63. The van der Waals surface area contributed by atoms with E-state index in [0.717, 1.165) is 18.5 Å². The number of H-pyrrole nitrogens is 1. The highest BCUT2D eigenvalue weighted by Crippen LogP contribution is 2.21. The van der Waals surface area contributed by atoms with E-state index in [-0.39, 0.29) is 5.95 Å². The molecule has 0 aliphatic carbocycles. The lowest BCUT2D eigenvalue weighted by molar-refractivity contribution is 0.811. The summed E-state index contributed by atoms with van der Waals surface area (Å²) in [6, 6.07) is 0. The molecule has 3 N–H and O–H groups in total. The third-order valence-corrected chi connectivity index (χ3v) is 2.36. The van der Waals surface area contributed by atoms with Gasteiger partial charge in [0.25, 0.3) is 0 Å². The fourth-order valence-corrected chi connectivity index (χ4v) is 1.70. The standard InChI is InChI=1S/C11H14N6/c1-3-5-17(6-4-2)10-8-9(14-7-13-8)15-11(12)16-10/h1,7H,4-6H2,2H3,(H3,12,13,14,15,16). The fourth-order valence-electron chi connectivity index (χ4n) is 1.70. The summed E-state index contributed by atoms with van der Waals surface area (Å²) in [5, 5.41) is 0. The van der Waals surface area contributed by atoms with Crippen LogP contribution >= 0.6 is 0 Å². The molecule has 0 spiro atoms. The van der Waals surface area contributed by atoms with E-state index in [9.17, 15) is 0 Å². The molecule has 0 unspecified atom stereocenters. The van der Waals surface area contributed by atoms with Gasteiger partial charge in [-0.05, 0) is 6.42 Å². The fraction of sp³-hybridized carbons (Fsp3) is 0.364. The smallest absolute Gasteiger partial charge is 0.224 e. The number of rotatable bonds is 4. The van der Waals surface area contributed by atoms with Crippen LogP contribution in [0.15, 0.2) is 6.33 Å². The Morgan fingerprint density at radius 2 is 2.35 bits per heavy atom. The number of nitrogen functional groups attached to an aromatic ring is 1. The van der Waals surface area contributed by atoms with E-state index in [1.54, 1.807) is 6.33 Å². The first-order valence-electron chi connectivity index (χ1n) is 5.41. The Balaban J connectivity index is 2.51. The van der Waals surface area contributed by atoms with E-state index in [0.29, 0.717) is 18.0 Å². The number of nitrogens with zero attached hydrogens (tertiary/aromatic N) is 4. The monoisotopic (exact) mass is 230 g/mol. The molecule has 2 aromatic heterocycles. The highest BCUT2D eigenvalue weighted by Gasteiger charge is 2.14. The number of nitrogens with two attached hydrogens (primary N) is 1. The zero-order valence-electron chi connectivity index (χ0n) is 9.64. The summed E-state index contributed by atoms with van der Waals surface area (Å²) in [7, 11) is 0. The van der Waals surface area contributed by atoms with Crippen molar-refractivity contribution in [1.29, 1.82) is 0 Å². The molecule has 0 aliphatic heterocycles. The molecule has 2 heterocycles. The van der Waals surface area contributed by atoms with Gasteiger partial charge in [-0.25, -0.2) is 4.98 Å². The average Bonchev–Trinajstić information content (AvgIpc) is 2.75. The predicted octanol–water partition coefficient (Wildman–Crippen LogP) is 0.785. The molecular formula is C11H14N6. The molecule has 0 amide bonds. The van der Waals surface area contributed by atoms with E-state index in [1.165, 1.54) is 0 Å². The van der Waals surface area contributed by atoms with Crippen LogP contribution in [0.1, 0.15) is 13.3 Å². The maximum Gasteiger partial charge on any atom is 0.224 e. The number of fused-ring (bicyclic) bond motifs is 1. The Morgan fingerprint density at radius 1 is 1.53 bits per heavy atom. The van der Waals surface area contributed by atoms with Gasteiger partial charge >= 0.3 is 0 Å². The molecule has 0 saturated carbocycles. The number of nitrogens with one attached hydrogen (secondary N) is 1. The number of aromatic nitrogens is 4. The van der Waals surface area contributed by atoms with Crippen molar-refractivity contribution in [3.05, 3.63) is 6.33 Å². The summed E-state index contributed by atoms with van der Waals surface area (Å²) < 4.78 is 0. The van der Waals surface area contributed by atoms with Crippen molar-refractivity contribution in [3.63, 3.8) is 0 Å². The number of hydrogen-bond donors (Lipinski definition) is 2. The number of terminal acetylenes is 1. The maximum absolute atomic E-state index is 5.66. The number of aromatic amines is 1. The topological polar surface area (TPSA) is 83.7 Å². The van der Waals surface area contributed by atoms with Gasteiger partial charge < -0.3 is 15.6 Å².